The lowest BCUT2D eigenvalue weighted by Gasteiger charge is -2.39. The van der Waals surface area contributed by atoms with Crippen LogP contribution in [-0.4, -0.2) is 53.1 Å². The Morgan fingerprint density at radius 1 is 1.17 bits per heavy atom. The number of hydrogen-bond acceptors (Lipinski definition) is 4. The number of primary amides is 1. The maximum Gasteiger partial charge on any atom is 0.226 e. The summed E-state index contributed by atoms with van der Waals surface area (Å²) < 4.78 is 0. The zero-order chi connectivity index (χ0) is 26.1. The number of hydrogen-bond donors (Lipinski definition) is 2. The topological polar surface area (TPSA) is 86.9 Å². The van der Waals surface area contributed by atoms with Crippen molar-refractivity contribution < 1.29 is 14.7 Å². The molecule has 1 saturated heterocycles. The van der Waals surface area contributed by atoms with E-state index in [1.54, 1.807) is 13.3 Å². The Bertz CT molecular complexity index is 971. The van der Waals surface area contributed by atoms with E-state index in [-0.39, 0.29) is 17.7 Å². The van der Waals surface area contributed by atoms with Crippen molar-refractivity contribution in [1.82, 2.24) is 4.90 Å². The number of allylic oxidation sites excluding steroid dienone is 1. The summed E-state index contributed by atoms with van der Waals surface area (Å²) in [5.74, 6) is 5.59. The molecule has 0 spiro atoms. The minimum absolute atomic E-state index is 0.0139. The van der Waals surface area contributed by atoms with Gasteiger partial charge in [0.2, 0.25) is 11.8 Å². The van der Waals surface area contributed by atoms with Crippen LogP contribution in [0.3, 0.4) is 0 Å². The van der Waals surface area contributed by atoms with E-state index in [4.69, 9.17) is 5.73 Å². The van der Waals surface area contributed by atoms with Crippen molar-refractivity contribution in [3.8, 4) is 11.8 Å². The fraction of sp³-hybridized carbons (Fsp3) is 0.567. The second-order valence-electron chi connectivity index (χ2n) is 10.6. The van der Waals surface area contributed by atoms with E-state index in [9.17, 15) is 14.7 Å². The highest BCUT2D eigenvalue weighted by Gasteiger charge is 2.28. The molecule has 2 aliphatic rings. The van der Waals surface area contributed by atoms with Crippen LogP contribution < -0.4 is 10.6 Å². The molecule has 6 heteroatoms. The van der Waals surface area contributed by atoms with Gasteiger partial charge in [0, 0.05) is 42.8 Å². The molecule has 3 rings (SSSR count). The van der Waals surface area contributed by atoms with Gasteiger partial charge in [-0.1, -0.05) is 36.8 Å². The van der Waals surface area contributed by atoms with Crippen LogP contribution in [0.1, 0.15) is 77.7 Å². The van der Waals surface area contributed by atoms with Crippen molar-refractivity contribution in [2.45, 2.75) is 83.8 Å². The number of rotatable bonds is 8. The molecule has 1 radical (unpaired) electrons. The average Bonchev–Trinajstić information content (AvgIpc) is 2.87. The molecule has 1 aromatic carbocycles. The number of carbonyl (C=O) groups is 2. The molecule has 2 fully saturated rings. The molecule has 36 heavy (non-hydrogen) atoms. The molecule has 3 N–H and O–H groups in total. The lowest BCUT2D eigenvalue weighted by molar-refractivity contribution is -0.129. The second-order valence-corrected chi connectivity index (χ2v) is 10.6. The van der Waals surface area contributed by atoms with E-state index >= 15 is 0 Å². The normalized spacial score (nSPS) is 18.5. The van der Waals surface area contributed by atoms with E-state index < -0.39 is 5.60 Å². The largest absolute Gasteiger partial charge is 0.378 e. The van der Waals surface area contributed by atoms with Gasteiger partial charge in [-0.2, -0.15) is 0 Å². The first-order valence-corrected chi connectivity index (χ1v) is 13.3. The van der Waals surface area contributed by atoms with E-state index in [0.717, 1.165) is 56.3 Å². The van der Waals surface area contributed by atoms with Gasteiger partial charge in [0.25, 0.3) is 0 Å². The van der Waals surface area contributed by atoms with Crippen molar-refractivity contribution in [2.24, 2.45) is 11.7 Å². The van der Waals surface area contributed by atoms with Crippen molar-refractivity contribution in [3.05, 3.63) is 47.9 Å². The van der Waals surface area contributed by atoms with Crippen molar-refractivity contribution in [1.29, 1.82) is 0 Å². The van der Waals surface area contributed by atoms with E-state index in [1.807, 2.05) is 17.0 Å². The van der Waals surface area contributed by atoms with Gasteiger partial charge in [0.1, 0.15) is 5.60 Å². The molecule has 1 heterocycles. The number of piperidine rings is 1. The number of likely N-dealkylation sites (tertiary alicyclic amines) is 1. The Hall–Kier alpha value is -2.78. The molecular weight excluding hydrogens is 450 g/mol. The summed E-state index contributed by atoms with van der Waals surface area (Å²) in [6.45, 7) is 8.16. The van der Waals surface area contributed by atoms with Gasteiger partial charge in [-0.05, 0) is 83.1 Å². The van der Waals surface area contributed by atoms with Crippen molar-refractivity contribution in [2.75, 3.05) is 24.5 Å². The number of anilines is 1. The van der Waals surface area contributed by atoms with Gasteiger partial charge in [0.05, 0.1) is 6.42 Å². The molecular formula is C30H42N3O3. The van der Waals surface area contributed by atoms with Crippen LogP contribution in [0.5, 0.6) is 0 Å². The van der Waals surface area contributed by atoms with Crippen LogP contribution in [0.25, 0.3) is 0 Å². The van der Waals surface area contributed by atoms with Gasteiger partial charge in [0.15, 0.2) is 0 Å². The highest BCUT2D eigenvalue weighted by atomic mass is 16.3. The first-order chi connectivity index (χ1) is 17.2. The number of amides is 2. The summed E-state index contributed by atoms with van der Waals surface area (Å²) in [6.07, 6.45) is 10.8. The molecule has 195 valence electrons. The number of carbonyl (C=O) groups excluding carboxylic acids is 2. The first-order valence-electron chi connectivity index (χ1n) is 13.3. The van der Waals surface area contributed by atoms with Gasteiger partial charge >= 0.3 is 0 Å². The summed E-state index contributed by atoms with van der Waals surface area (Å²) in [7, 11) is 0. The first kappa shape index (κ1) is 27.8. The maximum atomic E-state index is 12.6. The summed E-state index contributed by atoms with van der Waals surface area (Å²) in [6, 6.07) is 8.64. The second kappa shape index (κ2) is 13.0. The summed E-state index contributed by atoms with van der Waals surface area (Å²) in [4.78, 5) is 28.1. The Morgan fingerprint density at radius 3 is 2.39 bits per heavy atom. The minimum atomic E-state index is -0.840. The number of aliphatic hydroxyl groups is 1. The number of nitrogens with zero attached hydrogens (tertiary/aromatic N) is 2. The Balaban J connectivity index is 1.63. The fourth-order valence-corrected chi connectivity index (χ4v) is 4.85. The van der Waals surface area contributed by atoms with Gasteiger partial charge < -0.3 is 20.6 Å². The molecule has 1 aliphatic carbocycles. The van der Waals surface area contributed by atoms with Gasteiger partial charge in [-0.25, -0.2) is 0 Å². The Kier molecular flexibility index (Phi) is 10.0. The predicted octanol–water partition coefficient (Wildman–Crippen LogP) is 4.21. The molecule has 0 bridgehead atoms. The zero-order valence-corrected chi connectivity index (χ0v) is 22.1. The molecule has 1 atom stereocenters. The summed E-state index contributed by atoms with van der Waals surface area (Å²) in [5, 5.41) is 10.7. The standard InChI is InChI=1S/C30H42N3O3/c1-23(2)14-22-33(27-15-20-32(21-16-27)28(34)12-7-24(3)29(31)35)26-10-8-25(9-11-26)13-19-30(36)17-5-4-6-18-30/h8-12,14,24,27,36H,4-7,15-18,20-22H2,1-3H3,(H2,31,35). The lowest BCUT2D eigenvalue weighted by atomic mass is 9.85. The molecule has 1 aromatic rings. The number of benzene rings is 1. The highest BCUT2D eigenvalue weighted by Crippen LogP contribution is 2.28. The van der Waals surface area contributed by atoms with Crippen LogP contribution in [-0.2, 0) is 9.59 Å². The molecule has 2 amide bonds. The zero-order valence-electron chi connectivity index (χ0n) is 22.1. The lowest BCUT2D eigenvalue weighted by Crippen LogP contribution is -2.47. The fourth-order valence-electron chi connectivity index (χ4n) is 4.85. The Morgan fingerprint density at radius 2 is 1.81 bits per heavy atom. The van der Waals surface area contributed by atoms with Crippen LogP contribution in [0, 0.1) is 24.2 Å². The van der Waals surface area contributed by atoms with Crippen LogP contribution >= 0.6 is 0 Å². The molecule has 0 aromatic heterocycles. The van der Waals surface area contributed by atoms with Crippen LogP contribution in [0.15, 0.2) is 35.9 Å². The predicted molar refractivity (Wildman–Crippen MR) is 145 cm³/mol. The maximum absolute atomic E-state index is 12.6. The van der Waals surface area contributed by atoms with Crippen LogP contribution in [0.4, 0.5) is 5.69 Å². The quantitative estimate of drug-likeness (QED) is 0.420. The monoisotopic (exact) mass is 492 g/mol. The third-order valence-corrected chi connectivity index (χ3v) is 7.36. The third-order valence-electron chi connectivity index (χ3n) is 7.36. The van der Waals surface area contributed by atoms with Crippen LogP contribution in [0.2, 0.25) is 0 Å². The summed E-state index contributed by atoms with van der Waals surface area (Å²) in [5.41, 5.74) is 7.80. The smallest absolute Gasteiger partial charge is 0.226 e. The van der Waals surface area contributed by atoms with Gasteiger partial charge in [-0.15, -0.1) is 0 Å². The average molecular weight is 493 g/mol. The minimum Gasteiger partial charge on any atom is -0.378 e. The SMILES string of the molecule is CC(C)=CCN(c1ccc(C#CC2(O)CCCCC2)cc1)C1CCN(C(=O)[CH]CC(C)C(N)=O)CC1. The third kappa shape index (κ3) is 8.13. The molecule has 6 nitrogen and oxygen atoms in total. The van der Waals surface area contributed by atoms with Gasteiger partial charge in [-0.3, -0.25) is 9.59 Å². The van der Waals surface area contributed by atoms with Crippen molar-refractivity contribution in [3.63, 3.8) is 0 Å². The highest BCUT2D eigenvalue weighted by molar-refractivity contribution is 5.86. The van der Waals surface area contributed by atoms with E-state index in [1.165, 1.54) is 12.0 Å². The van der Waals surface area contributed by atoms with E-state index in [2.05, 4.69) is 48.8 Å². The molecule has 1 saturated carbocycles. The molecule has 1 aliphatic heterocycles. The van der Waals surface area contributed by atoms with Crippen molar-refractivity contribution >= 4 is 17.5 Å². The van der Waals surface area contributed by atoms with E-state index in [0.29, 0.717) is 25.6 Å². The number of nitrogens with two attached hydrogens (primary N) is 1. The summed E-state index contributed by atoms with van der Waals surface area (Å²) >= 11 is 0. The Labute approximate surface area is 216 Å². The molecule has 1 unspecified atom stereocenters.